The van der Waals surface area contributed by atoms with Crippen molar-refractivity contribution in [2.75, 3.05) is 19.6 Å². The van der Waals surface area contributed by atoms with E-state index in [4.69, 9.17) is 21.1 Å². The van der Waals surface area contributed by atoms with Crippen LogP contribution in [-0.2, 0) is 0 Å². The third kappa shape index (κ3) is 3.16. The van der Waals surface area contributed by atoms with Crippen molar-refractivity contribution in [3.05, 3.63) is 65.2 Å². The second-order valence-electron chi connectivity index (χ2n) is 6.58. The maximum atomic E-state index is 6.61. The van der Waals surface area contributed by atoms with Crippen molar-refractivity contribution in [2.24, 2.45) is 0 Å². The third-order valence-corrected chi connectivity index (χ3v) is 6.29. The number of benzene rings is 3. The van der Waals surface area contributed by atoms with Gasteiger partial charge in [-0.15, -0.1) is 10.2 Å². The molecule has 0 fully saturated rings. The minimum absolute atomic E-state index is 0.0689. The third-order valence-electron chi connectivity index (χ3n) is 4.90. The van der Waals surface area contributed by atoms with Crippen LogP contribution >= 0.6 is 23.4 Å². The van der Waals surface area contributed by atoms with Gasteiger partial charge in [-0.2, -0.15) is 0 Å². The second-order valence-corrected chi connectivity index (χ2v) is 8.06. The van der Waals surface area contributed by atoms with Crippen molar-refractivity contribution < 1.29 is 9.47 Å². The molecule has 146 valence electrons. The van der Waals surface area contributed by atoms with Crippen molar-refractivity contribution >= 4 is 34.1 Å². The molecule has 1 N–H and O–H groups in total. The summed E-state index contributed by atoms with van der Waals surface area (Å²) in [4.78, 5) is 0. The smallest absolute Gasteiger partial charge is 0.212 e. The Balaban J connectivity index is 1.49. The fraction of sp³-hybridized carbons (Fsp3) is 0.143. The zero-order valence-corrected chi connectivity index (χ0v) is 17.3. The van der Waals surface area contributed by atoms with Crippen LogP contribution < -0.4 is 14.9 Å². The van der Waals surface area contributed by atoms with E-state index in [-0.39, 0.29) is 5.37 Å². The van der Waals surface area contributed by atoms with Crippen molar-refractivity contribution in [1.29, 1.82) is 0 Å². The Kier molecular flexibility index (Phi) is 4.49. The van der Waals surface area contributed by atoms with Crippen LogP contribution in [0.25, 0.3) is 22.2 Å². The van der Waals surface area contributed by atoms with Gasteiger partial charge >= 0.3 is 0 Å². The molecule has 0 aliphatic carbocycles. The van der Waals surface area contributed by atoms with Crippen LogP contribution in [-0.4, -0.2) is 29.1 Å². The van der Waals surface area contributed by atoms with Gasteiger partial charge in [-0.3, -0.25) is 0 Å². The van der Waals surface area contributed by atoms with Crippen molar-refractivity contribution in [3.63, 3.8) is 0 Å². The van der Waals surface area contributed by atoms with E-state index in [1.165, 1.54) is 0 Å². The van der Waals surface area contributed by atoms with Crippen LogP contribution in [0.2, 0.25) is 5.02 Å². The van der Waals surface area contributed by atoms with E-state index in [0.717, 1.165) is 44.4 Å². The van der Waals surface area contributed by atoms with E-state index in [1.54, 1.807) is 26.0 Å². The van der Waals surface area contributed by atoms with Gasteiger partial charge in [0, 0.05) is 16.1 Å². The molecule has 2 heterocycles. The molecule has 29 heavy (non-hydrogen) atoms. The van der Waals surface area contributed by atoms with Crippen molar-refractivity contribution in [1.82, 2.24) is 14.9 Å². The zero-order valence-electron chi connectivity index (χ0n) is 15.7. The molecule has 4 aromatic rings. The fourth-order valence-corrected chi connectivity index (χ4v) is 4.73. The molecule has 0 bridgehead atoms. The highest BCUT2D eigenvalue weighted by Crippen LogP contribution is 2.43. The number of thioether (sulfide) groups is 1. The van der Waals surface area contributed by atoms with Gasteiger partial charge in [-0.25, -0.2) is 4.68 Å². The van der Waals surface area contributed by atoms with Gasteiger partial charge in [0.1, 0.15) is 16.9 Å². The molecule has 6 nitrogen and oxygen atoms in total. The summed E-state index contributed by atoms with van der Waals surface area (Å²) >= 11 is 8.20. The number of nitrogens with one attached hydrogen (secondary N) is 1. The predicted octanol–water partition coefficient (Wildman–Crippen LogP) is 5.12. The Morgan fingerprint density at radius 1 is 0.931 bits per heavy atom. The summed E-state index contributed by atoms with van der Waals surface area (Å²) < 4.78 is 12.5. The van der Waals surface area contributed by atoms with Crippen molar-refractivity contribution in [2.45, 2.75) is 10.5 Å². The molecule has 3 aromatic carbocycles. The maximum absolute atomic E-state index is 6.61. The highest BCUT2D eigenvalue weighted by molar-refractivity contribution is 7.99. The number of aromatic nitrogens is 3. The quantitative estimate of drug-likeness (QED) is 0.490. The molecule has 1 aromatic heterocycles. The van der Waals surface area contributed by atoms with Gasteiger partial charge < -0.3 is 14.9 Å². The Morgan fingerprint density at radius 2 is 1.69 bits per heavy atom. The van der Waals surface area contributed by atoms with Crippen LogP contribution in [0.15, 0.2) is 59.8 Å². The Hall–Kier alpha value is -2.90. The lowest BCUT2D eigenvalue weighted by Gasteiger charge is -2.15. The normalized spacial score (nSPS) is 15.2. The first kappa shape index (κ1) is 18.1. The first-order valence-electron chi connectivity index (χ1n) is 8.96. The topological polar surface area (TPSA) is 61.2 Å². The van der Waals surface area contributed by atoms with Crippen LogP contribution in [0.4, 0.5) is 0 Å². The summed E-state index contributed by atoms with van der Waals surface area (Å²) in [6.45, 7) is 0. The van der Waals surface area contributed by atoms with Crippen LogP contribution in [0.1, 0.15) is 10.9 Å². The van der Waals surface area contributed by atoms with E-state index < -0.39 is 0 Å². The lowest BCUT2D eigenvalue weighted by atomic mass is 10.1. The van der Waals surface area contributed by atoms with Gasteiger partial charge in [-0.1, -0.05) is 29.4 Å². The van der Waals surface area contributed by atoms with Crippen LogP contribution in [0.3, 0.4) is 0 Å². The lowest BCUT2D eigenvalue weighted by Crippen LogP contribution is -2.14. The molecule has 0 amide bonds. The minimum atomic E-state index is -0.0689. The Labute approximate surface area is 176 Å². The number of methoxy groups -OCH3 is 2. The summed E-state index contributed by atoms with van der Waals surface area (Å²) in [5.74, 6) is 2.36. The van der Waals surface area contributed by atoms with Gasteiger partial charge in [0.05, 0.1) is 14.2 Å². The SMILES string of the molecule is COc1ccc(-c2nnc3n2NC(c2cc4cc(OC)ccc4cc2Cl)S3)cc1. The number of halogens is 1. The molecule has 0 spiro atoms. The predicted molar refractivity (Wildman–Crippen MR) is 115 cm³/mol. The second kappa shape index (κ2) is 7.17. The average molecular weight is 425 g/mol. The molecule has 0 radical (unpaired) electrons. The van der Waals surface area contributed by atoms with Gasteiger partial charge in [0.2, 0.25) is 5.16 Å². The molecule has 8 heteroatoms. The maximum Gasteiger partial charge on any atom is 0.212 e. The van der Waals surface area contributed by atoms with E-state index in [0.29, 0.717) is 5.02 Å². The highest BCUT2D eigenvalue weighted by Gasteiger charge is 2.29. The summed E-state index contributed by atoms with van der Waals surface area (Å²) in [5.41, 5.74) is 5.41. The Morgan fingerprint density at radius 3 is 2.45 bits per heavy atom. The summed E-state index contributed by atoms with van der Waals surface area (Å²) in [6, 6.07) is 17.8. The summed E-state index contributed by atoms with van der Waals surface area (Å²) in [5, 5.41) is 12.2. The zero-order chi connectivity index (χ0) is 20.0. The number of rotatable bonds is 4. The molecule has 0 saturated carbocycles. The van der Waals surface area contributed by atoms with Crippen molar-refractivity contribution in [3.8, 4) is 22.9 Å². The standard InChI is InChI=1S/C21H17ClN4O2S/c1-27-15-6-3-12(4-7-15)19-23-24-21-26(19)25-20(29-21)17-10-14-9-16(28-2)8-5-13(14)11-18(17)22/h3-11,20,25H,1-2H3. The van der Waals surface area contributed by atoms with Crippen LogP contribution in [0.5, 0.6) is 11.5 Å². The van der Waals surface area contributed by atoms with Gasteiger partial charge in [0.15, 0.2) is 5.82 Å². The summed E-state index contributed by atoms with van der Waals surface area (Å²) in [7, 11) is 3.31. The molecule has 1 aliphatic heterocycles. The van der Waals surface area contributed by atoms with E-state index >= 15 is 0 Å². The number of hydrogen-bond donors (Lipinski definition) is 1. The molecular formula is C21H17ClN4O2S. The van der Waals surface area contributed by atoms with E-state index in [2.05, 4.69) is 21.7 Å². The van der Waals surface area contributed by atoms with Gasteiger partial charge in [0.25, 0.3) is 0 Å². The van der Waals surface area contributed by atoms with Gasteiger partial charge in [-0.05, 0) is 59.3 Å². The monoisotopic (exact) mass is 424 g/mol. The molecular weight excluding hydrogens is 408 g/mol. The van der Waals surface area contributed by atoms with E-state index in [9.17, 15) is 0 Å². The van der Waals surface area contributed by atoms with E-state index in [1.807, 2.05) is 53.2 Å². The minimum Gasteiger partial charge on any atom is -0.497 e. The number of hydrogen-bond acceptors (Lipinski definition) is 6. The summed E-state index contributed by atoms with van der Waals surface area (Å²) in [6.07, 6.45) is 0. The molecule has 1 aliphatic rings. The molecule has 1 unspecified atom stereocenters. The Bertz CT molecular complexity index is 1210. The fourth-order valence-electron chi connectivity index (χ4n) is 3.37. The number of fused-ring (bicyclic) bond motifs is 2. The molecule has 0 saturated heterocycles. The number of nitrogens with zero attached hydrogens (tertiary/aromatic N) is 3. The molecule has 1 atom stereocenters. The first-order chi connectivity index (χ1) is 14.2. The highest BCUT2D eigenvalue weighted by atomic mass is 35.5. The van der Waals surface area contributed by atoms with Crippen LogP contribution in [0, 0.1) is 0 Å². The first-order valence-corrected chi connectivity index (χ1v) is 10.2. The molecule has 5 rings (SSSR count). The largest absolute Gasteiger partial charge is 0.497 e. The lowest BCUT2D eigenvalue weighted by molar-refractivity contribution is 0.415. The average Bonchev–Trinajstić information content (AvgIpc) is 3.34. The number of ether oxygens (including phenoxy) is 2.